The van der Waals surface area contributed by atoms with E-state index >= 15 is 0 Å². The van der Waals surface area contributed by atoms with Gasteiger partial charge in [0.1, 0.15) is 16.4 Å². The van der Waals surface area contributed by atoms with Gasteiger partial charge in [-0.05, 0) is 50.0 Å². The Morgan fingerprint density at radius 3 is 2.81 bits per heavy atom. The number of allylic oxidation sites excluding steroid dienone is 4. The summed E-state index contributed by atoms with van der Waals surface area (Å²) in [4.78, 5) is 17.8. The Kier molecular flexibility index (Phi) is 5.96. The number of hydrogen-bond donors (Lipinski definition) is 2. The first-order chi connectivity index (χ1) is 13.0. The van der Waals surface area contributed by atoms with Crippen molar-refractivity contribution in [1.82, 2.24) is 4.98 Å². The topological polar surface area (TPSA) is 77.2 Å². The highest BCUT2D eigenvalue weighted by Gasteiger charge is 2.22. The number of aryl methyl sites for hydroxylation is 1. The van der Waals surface area contributed by atoms with E-state index in [0.717, 1.165) is 36.9 Å². The number of ether oxygens (including phenoxy) is 1. The summed E-state index contributed by atoms with van der Waals surface area (Å²) in [5.74, 6) is 0.658. The smallest absolute Gasteiger partial charge is 0.210 e. The molecule has 1 aliphatic carbocycles. The Hall–Kier alpha value is -2.60. The fourth-order valence-electron chi connectivity index (χ4n) is 3.02. The third kappa shape index (κ3) is 4.39. The van der Waals surface area contributed by atoms with E-state index in [4.69, 9.17) is 10.5 Å². The number of nitrogens with two attached hydrogens (primary N) is 1. The molecule has 142 valence electrons. The Labute approximate surface area is 164 Å². The number of methoxy groups -OCH3 is 1. The lowest BCUT2D eigenvalue weighted by molar-refractivity contribution is 0.104. The molecule has 3 rings (SSSR count). The van der Waals surface area contributed by atoms with Crippen LogP contribution in [0.3, 0.4) is 0 Å². The van der Waals surface area contributed by atoms with Crippen molar-refractivity contribution in [2.24, 2.45) is 0 Å². The van der Waals surface area contributed by atoms with Gasteiger partial charge in [-0.3, -0.25) is 4.79 Å². The number of rotatable bonds is 7. The largest absolute Gasteiger partial charge is 0.496 e. The van der Waals surface area contributed by atoms with Gasteiger partial charge < -0.3 is 15.8 Å². The van der Waals surface area contributed by atoms with Crippen LogP contribution >= 0.6 is 11.3 Å². The van der Waals surface area contributed by atoms with E-state index in [9.17, 15) is 4.79 Å². The van der Waals surface area contributed by atoms with Gasteiger partial charge in [0.2, 0.25) is 5.78 Å². The normalized spacial score (nSPS) is 13.7. The van der Waals surface area contributed by atoms with E-state index in [0.29, 0.717) is 21.3 Å². The lowest BCUT2D eigenvalue weighted by atomic mass is 10.0. The van der Waals surface area contributed by atoms with Crippen molar-refractivity contribution < 1.29 is 9.53 Å². The standard InChI is InChI=1S/C21H25N3O2S/c1-4-5-14-8-11-16(17(12-14)26-3)18(25)19-20(22)24-21(27-19)23-15-9-6-13(2)7-10-15/h6,8-9,11-12H,4-5,7,10,22H2,1-3H3,(H,23,24). The Morgan fingerprint density at radius 1 is 1.33 bits per heavy atom. The van der Waals surface area contributed by atoms with E-state index in [-0.39, 0.29) is 11.6 Å². The highest BCUT2D eigenvalue weighted by molar-refractivity contribution is 7.18. The second-order valence-corrected chi connectivity index (χ2v) is 7.68. The van der Waals surface area contributed by atoms with Crippen LogP contribution in [0.2, 0.25) is 0 Å². The molecule has 0 saturated carbocycles. The lowest BCUT2D eigenvalue weighted by Gasteiger charge is -2.12. The van der Waals surface area contributed by atoms with E-state index in [1.54, 1.807) is 7.11 Å². The van der Waals surface area contributed by atoms with E-state index in [2.05, 4.69) is 30.2 Å². The second kappa shape index (κ2) is 8.39. The zero-order valence-corrected chi connectivity index (χ0v) is 16.8. The minimum Gasteiger partial charge on any atom is -0.496 e. The molecule has 0 spiro atoms. The summed E-state index contributed by atoms with van der Waals surface area (Å²) in [6.07, 6.45) is 8.08. The fraction of sp³-hybridized carbons (Fsp3) is 0.333. The molecule has 1 aromatic heterocycles. The minimum absolute atomic E-state index is 0.161. The first-order valence-electron chi connectivity index (χ1n) is 9.13. The van der Waals surface area contributed by atoms with Crippen LogP contribution in [-0.2, 0) is 6.42 Å². The molecule has 0 fully saturated rings. The third-order valence-corrected chi connectivity index (χ3v) is 5.52. The third-order valence-electron chi connectivity index (χ3n) is 4.53. The van der Waals surface area contributed by atoms with Crippen LogP contribution in [0.15, 0.2) is 41.6 Å². The van der Waals surface area contributed by atoms with Crippen LogP contribution in [0.5, 0.6) is 5.75 Å². The summed E-state index contributed by atoms with van der Waals surface area (Å²) in [6, 6.07) is 5.71. The summed E-state index contributed by atoms with van der Waals surface area (Å²) in [5, 5.41) is 3.92. The Balaban J connectivity index is 1.84. The monoisotopic (exact) mass is 383 g/mol. The second-order valence-electron chi connectivity index (χ2n) is 6.68. The molecule has 6 heteroatoms. The molecule has 0 radical (unpaired) electrons. The Bertz CT molecular complexity index is 912. The maximum Gasteiger partial charge on any atom is 0.210 e. The van der Waals surface area contributed by atoms with Crippen LogP contribution in [0, 0.1) is 0 Å². The molecule has 0 aliphatic heterocycles. The van der Waals surface area contributed by atoms with Gasteiger partial charge in [-0.25, -0.2) is 4.98 Å². The van der Waals surface area contributed by atoms with Gasteiger partial charge in [0.15, 0.2) is 5.13 Å². The van der Waals surface area contributed by atoms with Crippen LogP contribution in [0.4, 0.5) is 10.9 Å². The zero-order chi connectivity index (χ0) is 19.4. The molecule has 5 nitrogen and oxygen atoms in total. The van der Waals surface area contributed by atoms with Gasteiger partial charge in [-0.15, -0.1) is 0 Å². The molecule has 2 aromatic rings. The average molecular weight is 384 g/mol. The van der Waals surface area contributed by atoms with Crippen molar-refractivity contribution in [2.75, 3.05) is 18.2 Å². The zero-order valence-electron chi connectivity index (χ0n) is 16.0. The first-order valence-corrected chi connectivity index (χ1v) is 9.94. The number of carbonyl (C=O) groups excluding carboxylic acids is 1. The number of nitrogens with zero attached hydrogens (tertiary/aromatic N) is 1. The molecule has 0 amide bonds. The van der Waals surface area contributed by atoms with Crippen molar-refractivity contribution in [2.45, 2.75) is 39.5 Å². The quantitative estimate of drug-likeness (QED) is 0.661. The SMILES string of the molecule is CCCc1ccc(C(=O)c2sc(NC3=CC=C(C)CC3)nc2N)c(OC)c1. The van der Waals surface area contributed by atoms with Crippen molar-refractivity contribution in [3.63, 3.8) is 0 Å². The molecule has 1 aliphatic rings. The minimum atomic E-state index is -0.161. The van der Waals surface area contributed by atoms with Crippen LogP contribution in [0.25, 0.3) is 0 Å². The van der Waals surface area contributed by atoms with Crippen molar-refractivity contribution in [3.05, 3.63) is 57.6 Å². The van der Waals surface area contributed by atoms with Crippen molar-refractivity contribution >= 4 is 28.1 Å². The van der Waals surface area contributed by atoms with Crippen LogP contribution < -0.4 is 15.8 Å². The first kappa shape index (κ1) is 19.2. The molecule has 0 saturated heterocycles. The molecular formula is C21H25N3O2S. The maximum atomic E-state index is 13.0. The predicted molar refractivity (Wildman–Crippen MR) is 112 cm³/mol. The Morgan fingerprint density at radius 2 is 2.15 bits per heavy atom. The fourth-order valence-corrected chi connectivity index (χ4v) is 3.89. The average Bonchev–Trinajstić information content (AvgIpc) is 3.03. The van der Waals surface area contributed by atoms with E-state index in [1.807, 2.05) is 24.3 Å². The molecule has 3 N–H and O–H groups in total. The summed E-state index contributed by atoms with van der Waals surface area (Å²) < 4.78 is 5.44. The van der Waals surface area contributed by atoms with Crippen LogP contribution in [-0.4, -0.2) is 17.9 Å². The number of nitrogen functional groups attached to an aromatic ring is 1. The number of anilines is 2. The summed E-state index contributed by atoms with van der Waals surface area (Å²) >= 11 is 1.28. The van der Waals surface area contributed by atoms with Crippen molar-refractivity contribution in [3.8, 4) is 5.75 Å². The van der Waals surface area contributed by atoms with E-state index in [1.165, 1.54) is 16.9 Å². The number of thiazole rings is 1. The van der Waals surface area contributed by atoms with Gasteiger partial charge in [-0.1, -0.05) is 42.4 Å². The highest BCUT2D eigenvalue weighted by atomic mass is 32.1. The molecule has 0 unspecified atom stereocenters. The molecule has 27 heavy (non-hydrogen) atoms. The lowest BCUT2D eigenvalue weighted by Crippen LogP contribution is -2.05. The number of aromatic nitrogens is 1. The number of hydrogen-bond acceptors (Lipinski definition) is 6. The molecule has 0 atom stereocenters. The van der Waals surface area contributed by atoms with Gasteiger partial charge in [0, 0.05) is 5.70 Å². The summed E-state index contributed by atoms with van der Waals surface area (Å²) in [6.45, 7) is 4.24. The summed E-state index contributed by atoms with van der Waals surface area (Å²) in [7, 11) is 1.58. The molecule has 0 bridgehead atoms. The number of ketones is 1. The molecular weight excluding hydrogens is 358 g/mol. The maximum absolute atomic E-state index is 13.0. The van der Waals surface area contributed by atoms with Crippen LogP contribution in [0.1, 0.15) is 53.9 Å². The predicted octanol–water partition coefficient (Wildman–Crippen LogP) is 4.95. The van der Waals surface area contributed by atoms with Gasteiger partial charge in [-0.2, -0.15) is 0 Å². The van der Waals surface area contributed by atoms with Gasteiger partial charge in [0.25, 0.3) is 0 Å². The number of nitrogens with one attached hydrogen (secondary N) is 1. The summed E-state index contributed by atoms with van der Waals surface area (Å²) in [5.41, 5.74) is 10.1. The van der Waals surface area contributed by atoms with Gasteiger partial charge in [0.05, 0.1) is 12.7 Å². The van der Waals surface area contributed by atoms with E-state index < -0.39 is 0 Å². The highest BCUT2D eigenvalue weighted by Crippen LogP contribution is 2.32. The van der Waals surface area contributed by atoms with Crippen molar-refractivity contribution in [1.29, 1.82) is 0 Å². The molecule has 1 aromatic carbocycles. The number of benzene rings is 1. The number of carbonyl (C=O) groups is 1. The van der Waals surface area contributed by atoms with Gasteiger partial charge >= 0.3 is 0 Å². The molecule has 1 heterocycles.